The second kappa shape index (κ2) is 4.93. The zero-order valence-corrected chi connectivity index (χ0v) is 9.38. The lowest BCUT2D eigenvalue weighted by Crippen LogP contribution is -2.36. The van der Waals surface area contributed by atoms with E-state index in [0.717, 1.165) is 4.88 Å². The fourth-order valence-corrected chi connectivity index (χ4v) is 2.19. The van der Waals surface area contributed by atoms with E-state index in [1.807, 2.05) is 31.4 Å². The van der Waals surface area contributed by atoms with Crippen molar-refractivity contribution in [3.63, 3.8) is 0 Å². The number of carbonyl (C=O) groups is 2. The summed E-state index contributed by atoms with van der Waals surface area (Å²) in [5.74, 6) is -2.24. The number of hydrogen-bond acceptors (Lipinski definition) is 3. The molecule has 1 aromatic heterocycles. The van der Waals surface area contributed by atoms with Gasteiger partial charge in [0.25, 0.3) is 0 Å². The molecule has 0 saturated carbocycles. The van der Waals surface area contributed by atoms with Gasteiger partial charge >= 0.3 is 11.9 Å². The quantitative estimate of drug-likeness (QED) is 0.771. The maximum Gasteiger partial charge on any atom is 0.394 e. The van der Waals surface area contributed by atoms with Crippen LogP contribution in [0.15, 0.2) is 17.5 Å². The Balaban J connectivity index is 2.77. The molecule has 82 valence electrons. The zero-order chi connectivity index (χ0) is 11.4. The van der Waals surface area contributed by atoms with Gasteiger partial charge in [0, 0.05) is 4.88 Å². The number of amides is 1. The van der Waals surface area contributed by atoms with Crippen LogP contribution in [0.4, 0.5) is 0 Å². The molecular weight excluding hydrogens is 214 g/mol. The number of nitrogens with one attached hydrogen (secondary N) is 1. The molecule has 1 unspecified atom stereocenters. The molecule has 2 N–H and O–H groups in total. The van der Waals surface area contributed by atoms with E-state index >= 15 is 0 Å². The van der Waals surface area contributed by atoms with Crippen molar-refractivity contribution in [3.8, 4) is 0 Å². The highest BCUT2D eigenvalue weighted by atomic mass is 32.1. The number of carboxylic acids is 1. The van der Waals surface area contributed by atoms with Gasteiger partial charge in [0.2, 0.25) is 0 Å². The molecule has 15 heavy (non-hydrogen) atoms. The van der Waals surface area contributed by atoms with Crippen LogP contribution in [0.5, 0.6) is 0 Å². The first-order chi connectivity index (χ1) is 7.02. The average Bonchev–Trinajstić information content (AvgIpc) is 2.65. The summed E-state index contributed by atoms with van der Waals surface area (Å²) in [6.07, 6.45) is 0. The molecule has 0 aliphatic heterocycles. The summed E-state index contributed by atoms with van der Waals surface area (Å²) in [6, 6.07) is 3.54. The van der Waals surface area contributed by atoms with Crippen molar-refractivity contribution in [1.29, 1.82) is 0 Å². The maximum atomic E-state index is 11.0. The number of hydrogen-bond donors (Lipinski definition) is 2. The third-order valence-electron chi connectivity index (χ3n) is 2.00. The predicted octanol–water partition coefficient (Wildman–Crippen LogP) is 1.65. The lowest BCUT2D eigenvalue weighted by molar-refractivity contribution is -0.150. The molecule has 1 aromatic rings. The summed E-state index contributed by atoms with van der Waals surface area (Å²) in [5.41, 5.74) is 0. The fourth-order valence-electron chi connectivity index (χ4n) is 1.24. The van der Waals surface area contributed by atoms with Crippen molar-refractivity contribution in [2.45, 2.75) is 19.9 Å². The molecular formula is C10H13NO3S. The monoisotopic (exact) mass is 227 g/mol. The maximum absolute atomic E-state index is 11.0. The Morgan fingerprint density at radius 2 is 2.13 bits per heavy atom. The standard InChI is InChI=1S/C10H13NO3S/c1-6(2)8(7-4-3-5-15-7)11-9(12)10(13)14/h3-6,8H,1-2H3,(H,11,12)(H,13,14). The number of rotatable bonds is 3. The van der Waals surface area contributed by atoms with Gasteiger partial charge in [0.05, 0.1) is 6.04 Å². The summed E-state index contributed by atoms with van der Waals surface area (Å²) >= 11 is 1.51. The van der Waals surface area contributed by atoms with Gasteiger partial charge in [0.1, 0.15) is 0 Å². The van der Waals surface area contributed by atoms with Gasteiger partial charge < -0.3 is 10.4 Å². The third kappa shape index (κ3) is 3.06. The molecule has 5 heteroatoms. The van der Waals surface area contributed by atoms with E-state index < -0.39 is 11.9 Å². The smallest absolute Gasteiger partial charge is 0.394 e. The number of carboxylic acid groups (broad SMARTS) is 1. The molecule has 1 amide bonds. The first-order valence-corrected chi connectivity index (χ1v) is 5.47. The van der Waals surface area contributed by atoms with Gasteiger partial charge in [-0.3, -0.25) is 4.79 Å². The molecule has 0 aromatic carbocycles. The van der Waals surface area contributed by atoms with Gasteiger partial charge in [-0.2, -0.15) is 0 Å². The van der Waals surface area contributed by atoms with Gasteiger partial charge in [-0.05, 0) is 17.4 Å². The fraction of sp³-hybridized carbons (Fsp3) is 0.400. The van der Waals surface area contributed by atoms with E-state index in [1.54, 1.807) is 0 Å². The Kier molecular flexibility index (Phi) is 3.85. The highest BCUT2D eigenvalue weighted by Crippen LogP contribution is 2.25. The van der Waals surface area contributed by atoms with Crippen LogP contribution in [0, 0.1) is 5.92 Å². The van der Waals surface area contributed by atoms with Gasteiger partial charge in [-0.1, -0.05) is 19.9 Å². The van der Waals surface area contributed by atoms with Crippen LogP contribution in [-0.2, 0) is 9.59 Å². The van der Waals surface area contributed by atoms with Crippen molar-refractivity contribution in [1.82, 2.24) is 5.32 Å². The average molecular weight is 227 g/mol. The SMILES string of the molecule is CC(C)C(NC(=O)C(=O)O)c1cccs1. The first kappa shape index (κ1) is 11.7. The number of aliphatic carboxylic acids is 1. The lowest BCUT2D eigenvalue weighted by atomic mass is 10.0. The number of thiophene rings is 1. The Bertz CT molecular complexity index is 346. The highest BCUT2D eigenvalue weighted by Gasteiger charge is 2.22. The molecule has 4 nitrogen and oxygen atoms in total. The molecule has 0 bridgehead atoms. The predicted molar refractivity (Wildman–Crippen MR) is 57.7 cm³/mol. The van der Waals surface area contributed by atoms with E-state index in [2.05, 4.69) is 5.32 Å². The summed E-state index contributed by atoms with van der Waals surface area (Å²) in [5, 5.41) is 12.9. The normalized spacial score (nSPS) is 12.5. The third-order valence-corrected chi connectivity index (χ3v) is 2.95. The van der Waals surface area contributed by atoms with Crippen molar-refractivity contribution in [2.75, 3.05) is 0 Å². The first-order valence-electron chi connectivity index (χ1n) is 4.59. The van der Waals surface area contributed by atoms with Crippen molar-refractivity contribution < 1.29 is 14.7 Å². The van der Waals surface area contributed by atoms with Crippen LogP contribution < -0.4 is 5.32 Å². The van der Waals surface area contributed by atoms with E-state index in [9.17, 15) is 9.59 Å². The Morgan fingerprint density at radius 1 is 1.47 bits per heavy atom. The minimum atomic E-state index is -1.45. The van der Waals surface area contributed by atoms with Gasteiger partial charge in [-0.25, -0.2) is 4.79 Å². The van der Waals surface area contributed by atoms with Gasteiger partial charge in [-0.15, -0.1) is 11.3 Å². The number of carbonyl (C=O) groups excluding carboxylic acids is 1. The van der Waals surface area contributed by atoms with Crippen molar-refractivity contribution >= 4 is 23.2 Å². The van der Waals surface area contributed by atoms with Crippen LogP contribution in [0.3, 0.4) is 0 Å². The molecule has 0 aliphatic carbocycles. The Morgan fingerprint density at radius 3 is 2.53 bits per heavy atom. The largest absolute Gasteiger partial charge is 0.474 e. The molecule has 1 atom stereocenters. The van der Waals surface area contributed by atoms with Crippen LogP contribution in [0.2, 0.25) is 0 Å². The summed E-state index contributed by atoms with van der Waals surface area (Å²) in [6.45, 7) is 3.87. The molecule has 0 fully saturated rings. The second-order valence-corrected chi connectivity index (χ2v) is 4.49. The highest BCUT2D eigenvalue weighted by molar-refractivity contribution is 7.10. The van der Waals surface area contributed by atoms with Crippen LogP contribution in [0.25, 0.3) is 0 Å². The molecule has 0 spiro atoms. The van der Waals surface area contributed by atoms with Crippen LogP contribution in [-0.4, -0.2) is 17.0 Å². The Hall–Kier alpha value is -1.36. The topological polar surface area (TPSA) is 66.4 Å². The second-order valence-electron chi connectivity index (χ2n) is 3.52. The van der Waals surface area contributed by atoms with E-state index in [1.165, 1.54) is 11.3 Å². The van der Waals surface area contributed by atoms with E-state index in [-0.39, 0.29) is 12.0 Å². The summed E-state index contributed by atoms with van der Waals surface area (Å²) in [7, 11) is 0. The van der Waals surface area contributed by atoms with Crippen molar-refractivity contribution in [3.05, 3.63) is 22.4 Å². The Labute approximate surface area is 91.9 Å². The summed E-state index contributed by atoms with van der Waals surface area (Å²) in [4.78, 5) is 22.4. The molecule has 0 saturated heterocycles. The lowest BCUT2D eigenvalue weighted by Gasteiger charge is -2.19. The molecule has 0 aliphatic rings. The van der Waals surface area contributed by atoms with Crippen LogP contribution in [0.1, 0.15) is 24.8 Å². The molecule has 1 heterocycles. The van der Waals surface area contributed by atoms with Crippen LogP contribution >= 0.6 is 11.3 Å². The zero-order valence-electron chi connectivity index (χ0n) is 8.56. The van der Waals surface area contributed by atoms with Gasteiger partial charge in [0.15, 0.2) is 0 Å². The van der Waals surface area contributed by atoms with E-state index in [4.69, 9.17) is 5.11 Å². The minimum absolute atomic E-state index is 0.159. The van der Waals surface area contributed by atoms with E-state index in [0.29, 0.717) is 0 Å². The summed E-state index contributed by atoms with van der Waals surface area (Å²) < 4.78 is 0. The minimum Gasteiger partial charge on any atom is -0.474 e. The molecule has 0 radical (unpaired) electrons. The van der Waals surface area contributed by atoms with Crippen molar-refractivity contribution in [2.24, 2.45) is 5.92 Å². The molecule has 1 rings (SSSR count).